The smallest absolute Gasteiger partial charge is 0.254 e. The second-order valence-electron chi connectivity index (χ2n) is 8.32. The number of carbonyl (C=O) groups excluding carboxylic acids is 1. The van der Waals surface area contributed by atoms with Crippen LogP contribution in [0.2, 0.25) is 0 Å². The van der Waals surface area contributed by atoms with Gasteiger partial charge in [-0.15, -0.1) is 0 Å². The van der Waals surface area contributed by atoms with E-state index >= 15 is 0 Å². The number of phenols is 1. The number of rotatable bonds is 4. The number of aromatic amines is 1. The molecule has 2 aromatic heterocycles. The van der Waals surface area contributed by atoms with Gasteiger partial charge in [-0.3, -0.25) is 9.89 Å². The van der Waals surface area contributed by atoms with Crippen molar-refractivity contribution in [3.05, 3.63) is 76.7 Å². The van der Waals surface area contributed by atoms with Gasteiger partial charge in [-0.25, -0.2) is 9.37 Å². The van der Waals surface area contributed by atoms with Gasteiger partial charge in [0.15, 0.2) is 5.65 Å². The normalized spacial score (nSPS) is 14.2. The van der Waals surface area contributed by atoms with Crippen molar-refractivity contribution in [1.82, 2.24) is 25.4 Å². The summed E-state index contributed by atoms with van der Waals surface area (Å²) in [5.74, 6) is -0.209. The Hall–Kier alpha value is -4.04. The lowest BCUT2D eigenvalue weighted by Crippen LogP contribution is -2.46. The third kappa shape index (κ3) is 4.27. The zero-order chi connectivity index (χ0) is 23.7. The zero-order valence-electron chi connectivity index (χ0n) is 18.7. The molecule has 1 aliphatic rings. The molecule has 0 radical (unpaired) electrons. The molecule has 0 aliphatic carbocycles. The van der Waals surface area contributed by atoms with Crippen molar-refractivity contribution in [2.45, 2.75) is 6.92 Å². The number of H-pyrrole nitrogens is 1. The Bertz CT molecular complexity index is 1390. The van der Waals surface area contributed by atoms with Gasteiger partial charge in [-0.1, -0.05) is 18.2 Å². The van der Waals surface area contributed by atoms with Crippen LogP contribution in [0.1, 0.15) is 27.2 Å². The number of aromatic nitrogens is 3. The van der Waals surface area contributed by atoms with Gasteiger partial charge in [0.2, 0.25) is 0 Å². The summed E-state index contributed by atoms with van der Waals surface area (Å²) in [6.07, 6.45) is 3.57. The SMILES string of the molecule is Cc1ccc(C=Cc2[nH]nc3nc(-c4ccc(O)cc4)cc(C(=O)N4CCNCC4)c23)cc1F. The first-order chi connectivity index (χ1) is 16.5. The number of hydrogen-bond donors (Lipinski definition) is 3. The van der Waals surface area contributed by atoms with Gasteiger partial charge < -0.3 is 15.3 Å². The molecule has 7 nitrogen and oxygen atoms in total. The van der Waals surface area contributed by atoms with E-state index in [2.05, 4.69) is 20.5 Å². The average molecular weight is 458 g/mol. The first-order valence-corrected chi connectivity index (χ1v) is 11.1. The lowest BCUT2D eigenvalue weighted by Gasteiger charge is -2.27. The molecule has 1 fully saturated rings. The average Bonchev–Trinajstić information content (AvgIpc) is 3.28. The Morgan fingerprint density at radius 3 is 2.59 bits per heavy atom. The molecule has 0 unspecified atom stereocenters. The number of amides is 1. The fraction of sp³-hybridized carbons (Fsp3) is 0.192. The van der Waals surface area contributed by atoms with Crippen LogP contribution >= 0.6 is 0 Å². The van der Waals surface area contributed by atoms with Crippen molar-refractivity contribution in [2.75, 3.05) is 26.2 Å². The van der Waals surface area contributed by atoms with Gasteiger partial charge in [0, 0.05) is 31.7 Å². The van der Waals surface area contributed by atoms with E-state index in [9.17, 15) is 14.3 Å². The Balaban J connectivity index is 1.61. The van der Waals surface area contributed by atoms with Crippen LogP contribution in [0.3, 0.4) is 0 Å². The molecule has 0 atom stereocenters. The summed E-state index contributed by atoms with van der Waals surface area (Å²) in [6, 6.07) is 13.5. The zero-order valence-corrected chi connectivity index (χ0v) is 18.7. The van der Waals surface area contributed by atoms with Crippen LogP contribution < -0.4 is 5.32 Å². The maximum absolute atomic E-state index is 14.0. The molecule has 1 aliphatic heterocycles. The summed E-state index contributed by atoms with van der Waals surface area (Å²) in [7, 11) is 0. The van der Waals surface area contributed by atoms with Crippen molar-refractivity contribution in [2.24, 2.45) is 0 Å². The molecule has 34 heavy (non-hydrogen) atoms. The molecular formula is C26H24FN5O2. The number of nitrogens with one attached hydrogen (secondary N) is 2. The van der Waals surface area contributed by atoms with Crippen molar-refractivity contribution < 1.29 is 14.3 Å². The largest absolute Gasteiger partial charge is 0.508 e. The molecule has 0 bridgehead atoms. The van der Waals surface area contributed by atoms with Crippen LogP contribution in [-0.2, 0) is 0 Å². The number of benzene rings is 2. The van der Waals surface area contributed by atoms with E-state index in [1.54, 1.807) is 55.5 Å². The molecule has 5 rings (SSSR count). The molecule has 4 aromatic rings. The van der Waals surface area contributed by atoms with Gasteiger partial charge >= 0.3 is 0 Å². The van der Waals surface area contributed by atoms with Crippen LogP contribution in [0.5, 0.6) is 5.75 Å². The highest BCUT2D eigenvalue weighted by Gasteiger charge is 2.24. The maximum Gasteiger partial charge on any atom is 0.254 e. The van der Waals surface area contributed by atoms with Crippen LogP contribution in [0, 0.1) is 12.7 Å². The third-order valence-electron chi connectivity index (χ3n) is 5.99. The highest BCUT2D eigenvalue weighted by atomic mass is 19.1. The molecule has 3 heterocycles. The van der Waals surface area contributed by atoms with E-state index in [0.717, 1.165) is 18.7 Å². The standard InChI is InChI=1S/C26H24FN5O2/c1-16-2-3-17(14-21(16)27)4-9-22-24-20(26(34)32-12-10-28-11-13-32)15-23(29-25(24)31-30-22)18-5-7-19(33)8-6-18/h2-9,14-15,28,33H,10-13H2,1H3,(H,29,30,31). The number of pyridine rings is 1. The maximum atomic E-state index is 14.0. The number of carbonyl (C=O) groups is 1. The van der Waals surface area contributed by atoms with Gasteiger partial charge in [0.25, 0.3) is 5.91 Å². The number of piperazine rings is 1. The monoisotopic (exact) mass is 457 g/mol. The van der Waals surface area contributed by atoms with Crippen LogP contribution in [0.25, 0.3) is 34.4 Å². The number of nitrogens with zero attached hydrogens (tertiary/aromatic N) is 3. The summed E-state index contributed by atoms with van der Waals surface area (Å²) in [5.41, 5.74) is 4.18. The van der Waals surface area contributed by atoms with E-state index in [1.165, 1.54) is 6.07 Å². The number of phenolic OH excluding ortho intramolecular Hbond substituents is 1. The Kier molecular flexibility index (Phi) is 5.81. The lowest BCUT2D eigenvalue weighted by molar-refractivity contribution is 0.0737. The third-order valence-corrected chi connectivity index (χ3v) is 5.99. The van der Waals surface area contributed by atoms with Crippen LogP contribution in [-0.4, -0.2) is 57.3 Å². The molecule has 0 spiro atoms. The summed E-state index contributed by atoms with van der Waals surface area (Å²) in [5, 5.41) is 20.9. The number of hydrogen-bond acceptors (Lipinski definition) is 5. The minimum absolute atomic E-state index is 0.0913. The Morgan fingerprint density at radius 1 is 1.09 bits per heavy atom. The van der Waals surface area contributed by atoms with E-state index < -0.39 is 0 Å². The summed E-state index contributed by atoms with van der Waals surface area (Å²) in [4.78, 5) is 20.1. The molecule has 3 N–H and O–H groups in total. The second-order valence-corrected chi connectivity index (χ2v) is 8.32. The van der Waals surface area contributed by atoms with Crippen molar-refractivity contribution >= 4 is 29.1 Å². The molecule has 2 aromatic carbocycles. The Morgan fingerprint density at radius 2 is 1.85 bits per heavy atom. The quantitative estimate of drug-likeness (QED) is 0.431. The molecule has 1 amide bonds. The van der Waals surface area contributed by atoms with E-state index in [0.29, 0.717) is 52.2 Å². The van der Waals surface area contributed by atoms with Gasteiger partial charge in [-0.2, -0.15) is 5.10 Å². The number of fused-ring (bicyclic) bond motifs is 1. The first kappa shape index (κ1) is 21.8. The van der Waals surface area contributed by atoms with Gasteiger partial charge in [0.1, 0.15) is 11.6 Å². The molecule has 172 valence electrons. The second kappa shape index (κ2) is 9.07. The van der Waals surface area contributed by atoms with Gasteiger partial charge in [-0.05, 0) is 60.5 Å². The minimum atomic E-state index is -0.272. The molecule has 8 heteroatoms. The highest BCUT2D eigenvalue weighted by Crippen LogP contribution is 2.29. The fourth-order valence-corrected chi connectivity index (χ4v) is 4.05. The van der Waals surface area contributed by atoms with Crippen molar-refractivity contribution in [3.63, 3.8) is 0 Å². The lowest BCUT2D eigenvalue weighted by atomic mass is 10.0. The summed E-state index contributed by atoms with van der Waals surface area (Å²) >= 11 is 0. The Labute approximate surface area is 195 Å². The number of aromatic hydroxyl groups is 1. The van der Waals surface area contributed by atoms with Crippen LogP contribution in [0.15, 0.2) is 48.5 Å². The van der Waals surface area contributed by atoms with Crippen molar-refractivity contribution in [1.29, 1.82) is 0 Å². The fourth-order valence-electron chi connectivity index (χ4n) is 4.05. The minimum Gasteiger partial charge on any atom is -0.508 e. The van der Waals surface area contributed by atoms with Gasteiger partial charge in [0.05, 0.1) is 22.3 Å². The topological polar surface area (TPSA) is 94.1 Å². The summed E-state index contributed by atoms with van der Waals surface area (Å²) < 4.78 is 14.0. The van der Waals surface area contributed by atoms with E-state index in [1.807, 2.05) is 11.0 Å². The summed E-state index contributed by atoms with van der Waals surface area (Å²) in [6.45, 7) is 4.42. The number of halogens is 1. The number of aryl methyl sites for hydroxylation is 1. The predicted molar refractivity (Wildman–Crippen MR) is 130 cm³/mol. The van der Waals surface area contributed by atoms with Crippen LogP contribution in [0.4, 0.5) is 4.39 Å². The molecular weight excluding hydrogens is 433 g/mol. The van der Waals surface area contributed by atoms with E-state index in [4.69, 9.17) is 0 Å². The predicted octanol–water partition coefficient (Wildman–Crippen LogP) is 3.99. The van der Waals surface area contributed by atoms with Crippen molar-refractivity contribution in [3.8, 4) is 17.0 Å². The molecule has 0 saturated carbocycles. The first-order valence-electron chi connectivity index (χ1n) is 11.1. The highest BCUT2D eigenvalue weighted by molar-refractivity contribution is 6.09. The van der Waals surface area contributed by atoms with E-state index in [-0.39, 0.29) is 17.5 Å². The molecule has 1 saturated heterocycles.